The van der Waals surface area contributed by atoms with Crippen LogP contribution in [0.1, 0.15) is 296 Å². The van der Waals surface area contributed by atoms with E-state index in [1.54, 1.807) is 6.08 Å². The van der Waals surface area contributed by atoms with Gasteiger partial charge < -0.3 is 28.8 Å². The van der Waals surface area contributed by atoms with Crippen molar-refractivity contribution >= 4 is 13.7 Å². The summed E-state index contributed by atoms with van der Waals surface area (Å²) in [7, 11) is 1.24. The number of aliphatic hydroxyl groups excluding tert-OH is 1. The highest BCUT2D eigenvalue weighted by atomic mass is 31.2. The molecule has 0 radical (unpaired) electrons. The van der Waals surface area contributed by atoms with Crippen molar-refractivity contribution in [2.45, 2.75) is 309 Å². The van der Waals surface area contributed by atoms with Crippen LogP contribution in [0.2, 0.25) is 0 Å². The molecule has 0 aromatic rings. The van der Waals surface area contributed by atoms with E-state index in [1.165, 1.54) is 231 Å². The summed E-state index contributed by atoms with van der Waals surface area (Å²) >= 11 is 0. The summed E-state index contributed by atoms with van der Waals surface area (Å²) in [5.41, 5.74) is 0. The third-order valence-corrected chi connectivity index (χ3v) is 15.0. The summed E-state index contributed by atoms with van der Waals surface area (Å²) in [4.78, 5) is 25.5. The molecular formula is C63H121N2O6P. The third-order valence-electron chi connectivity index (χ3n) is 14.0. The fourth-order valence-corrected chi connectivity index (χ4v) is 9.85. The largest absolute Gasteiger partial charge is 0.756 e. The van der Waals surface area contributed by atoms with Gasteiger partial charge >= 0.3 is 0 Å². The Bertz CT molecular complexity index is 1310. The number of allylic oxidation sites excluding steroid dienone is 7. The smallest absolute Gasteiger partial charge is 0.268 e. The molecular weight excluding hydrogens is 912 g/mol. The van der Waals surface area contributed by atoms with Gasteiger partial charge in [0.1, 0.15) is 13.2 Å². The minimum absolute atomic E-state index is 0.00961. The minimum atomic E-state index is -4.61. The molecule has 0 saturated heterocycles. The number of amides is 1. The standard InChI is InChI=1S/C63H121N2O6P/c1-6-8-10-12-14-16-18-20-22-24-26-28-30-32-34-36-38-40-42-44-46-48-50-52-54-56-62(66)61(60-71-72(68,69)70-59-58-65(3,4)5)64-63(67)57-55-53-51-49-47-45-43-41-39-37-35-33-31-29-27-25-23-21-19-17-15-13-11-9-7-2/h33,35,38,40,46,48,54,56,61-62,66H,6-32,34,36-37,39,41-45,47,49-53,55,57-60H2,1-5H3,(H-,64,67,68,69)/b35-33-,40-38+,48-46+,56-54+. The van der Waals surface area contributed by atoms with E-state index in [1.807, 2.05) is 27.2 Å². The molecule has 0 bridgehead atoms. The summed E-state index contributed by atoms with van der Waals surface area (Å²) in [6.45, 7) is 4.66. The number of phosphoric acid groups is 1. The molecule has 2 N–H and O–H groups in total. The Kier molecular flexibility index (Phi) is 53.1. The van der Waals surface area contributed by atoms with Gasteiger partial charge in [-0.05, 0) is 70.6 Å². The predicted molar refractivity (Wildman–Crippen MR) is 311 cm³/mol. The van der Waals surface area contributed by atoms with Gasteiger partial charge in [0.25, 0.3) is 7.82 Å². The molecule has 3 unspecified atom stereocenters. The summed E-state index contributed by atoms with van der Waals surface area (Å²) < 4.78 is 23.4. The minimum Gasteiger partial charge on any atom is -0.756 e. The SMILES string of the molecule is CCCCCCCCCCCCCC/C=C\CCCCCCCCCCCC(=O)NC(COP(=O)([O-])OCC[N+](C)(C)C)C(O)/C=C/CC/C=C/CC/C=C/CCCCCCCCCCCCCCCCC. The van der Waals surface area contributed by atoms with Crippen molar-refractivity contribution in [3.63, 3.8) is 0 Å². The molecule has 424 valence electrons. The highest BCUT2D eigenvalue weighted by Crippen LogP contribution is 2.38. The molecule has 0 aliphatic heterocycles. The van der Waals surface area contributed by atoms with E-state index < -0.39 is 26.6 Å². The van der Waals surface area contributed by atoms with Crippen molar-refractivity contribution < 1.29 is 32.9 Å². The van der Waals surface area contributed by atoms with Gasteiger partial charge in [-0.3, -0.25) is 9.36 Å². The Balaban J connectivity index is 4.23. The van der Waals surface area contributed by atoms with E-state index in [0.29, 0.717) is 17.4 Å². The molecule has 0 heterocycles. The lowest BCUT2D eigenvalue weighted by Gasteiger charge is -2.29. The number of quaternary nitrogens is 1. The van der Waals surface area contributed by atoms with Crippen molar-refractivity contribution in [1.29, 1.82) is 0 Å². The van der Waals surface area contributed by atoms with Gasteiger partial charge in [0.05, 0.1) is 39.9 Å². The number of nitrogens with zero attached hydrogens (tertiary/aromatic N) is 1. The van der Waals surface area contributed by atoms with Crippen molar-refractivity contribution in [2.24, 2.45) is 0 Å². The van der Waals surface area contributed by atoms with E-state index >= 15 is 0 Å². The van der Waals surface area contributed by atoms with Gasteiger partial charge in [-0.25, -0.2) is 0 Å². The maximum Gasteiger partial charge on any atom is 0.268 e. The first-order valence-electron chi connectivity index (χ1n) is 31.0. The molecule has 9 heteroatoms. The Morgan fingerprint density at radius 3 is 1.12 bits per heavy atom. The number of likely N-dealkylation sites (N-methyl/N-ethyl adjacent to an activating group) is 1. The van der Waals surface area contributed by atoms with E-state index in [9.17, 15) is 19.4 Å². The number of nitrogens with one attached hydrogen (secondary N) is 1. The fraction of sp³-hybridized carbons (Fsp3) is 0.857. The second-order valence-corrected chi connectivity index (χ2v) is 23.8. The molecule has 0 rings (SSSR count). The third kappa shape index (κ3) is 56.2. The topological polar surface area (TPSA) is 108 Å². The molecule has 0 spiro atoms. The van der Waals surface area contributed by atoms with Crippen molar-refractivity contribution in [3.8, 4) is 0 Å². The molecule has 0 aromatic carbocycles. The van der Waals surface area contributed by atoms with Crippen molar-refractivity contribution in [3.05, 3.63) is 48.6 Å². The molecule has 0 aromatic heterocycles. The van der Waals surface area contributed by atoms with Gasteiger partial charge in [-0.15, -0.1) is 0 Å². The maximum absolute atomic E-state index is 13.0. The number of hydrogen-bond acceptors (Lipinski definition) is 6. The molecule has 0 aliphatic rings. The second kappa shape index (κ2) is 54.3. The molecule has 1 amide bonds. The quantitative estimate of drug-likeness (QED) is 0.0272. The van der Waals surface area contributed by atoms with Crippen molar-refractivity contribution in [1.82, 2.24) is 5.32 Å². The lowest BCUT2D eigenvalue weighted by atomic mass is 10.0. The summed E-state index contributed by atoms with van der Waals surface area (Å²) in [5, 5.41) is 13.9. The van der Waals surface area contributed by atoms with Crippen LogP contribution in [0, 0.1) is 0 Å². The number of rotatable bonds is 57. The Hall–Kier alpha value is -1.54. The predicted octanol–water partition coefficient (Wildman–Crippen LogP) is 18.5. The van der Waals surface area contributed by atoms with Crippen LogP contribution in [-0.2, 0) is 18.4 Å². The monoisotopic (exact) mass is 1030 g/mol. The average molecular weight is 1030 g/mol. The van der Waals surface area contributed by atoms with Crippen LogP contribution in [0.4, 0.5) is 0 Å². The zero-order valence-electron chi connectivity index (χ0n) is 48.4. The number of carbonyl (C=O) groups is 1. The van der Waals surface area contributed by atoms with Crippen LogP contribution >= 0.6 is 7.82 Å². The lowest BCUT2D eigenvalue weighted by Crippen LogP contribution is -2.45. The first-order valence-corrected chi connectivity index (χ1v) is 32.5. The van der Waals surface area contributed by atoms with E-state index in [-0.39, 0.29) is 12.5 Å². The van der Waals surface area contributed by atoms with Crippen molar-refractivity contribution in [2.75, 3.05) is 40.9 Å². The van der Waals surface area contributed by atoms with Gasteiger partial charge in [0.15, 0.2) is 0 Å². The number of unbranched alkanes of at least 4 members (excludes halogenated alkanes) is 38. The summed E-state index contributed by atoms with van der Waals surface area (Å²) in [6, 6.07) is -0.913. The van der Waals surface area contributed by atoms with Gasteiger partial charge in [-0.1, -0.05) is 268 Å². The van der Waals surface area contributed by atoms with E-state index in [4.69, 9.17) is 9.05 Å². The maximum atomic E-state index is 13.0. The Morgan fingerprint density at radius 2 is 0.778 bits per heavy atom. The number of carbonyl (C=O) groups excluding carboxylic acids is 1. The van der Waals surface area contributed by atoms with Gasteiger partial charge in [0.2, 0.25) is 5.91 Å². The van der Waals surface area contributed by atoms with E-state index in [2.05, 4.69) is 55.6 Å². The van der Waals surface area contributed by atoms with Crippen LogP contribution < -0.4 is 10.2 Å². The van der Waals surface area contributed by atoms with E-state index in [0.717, 1.165) is 44.9 Å². The van der Waals surface area contributed by atoms with Crippen LogP contribution in [0.3, 0.4) is 0 Å². The van der Waals surface area contributed by atoms with Crippen LogP contribution in [0.25, 0.3) is 0 Å². The molecule has 3 atom stereocenters. The molecule has 72 heavy (non-hydrogen) atoms. The Morgan fingerprint density at radius 1 is 0.472 bits per heavy atom. The van der Waals surface area contributed by atoms with Crippen LogP contribution in [0.15, 0.2) is 48.6 Å². The lowest BCUT2D eigenvalue weighted by molar-refractivity contribution is -0.870. The highest BCUT2D eigenvalue weighted by Gasteiger charge is 2.23. The normalized spacial score (nSPS) is 14.2. The molecule has 0 aliphatic carbocycles. The number of aliphatic hydroxyl groups is 1. The zero-order chi connectivity index (χ0) is 52.7. The molecule has 0 fully saturated rings. The van der Waals surface area contributed by atoms with Crippen LogP contribution in [0.5, 0.6) is 0 Å². The highest BCUT2D eigenvalue weighted by molar-refractivity contribution is 7.45. The first kappa shape index (κ1) is 70.5. The average Bonchev–Trinajstić information content (AvgIpc) is 3.34. The first-order chi connectivity index (χ1) is 35.0. The fourth-order valence-electron chi connectivity index (χ4n) is 9.12. The molecule has 0 saturated carbocycles. The molecule has 8 nitrogen and oxygen atoms in total. The van der Waals surface area contributed by atoms with Gasteiger partial charge in [-0.2, -0.15) is 0 Å². The number of phosphoric ester groups is 1. The van der Waals surface area contributed by atoms with Crippen LogP contribution in [-0.4, -0.2) is 68.5 Å². The summed E-state index contributed by atoms with van der Waals surface area (Å²) in [6.07, 6.45) is 72.1. The Labute approximate surface area is 448 Å². The zero-order valence-corrected chi connectivity index (χ0v) is 49.3. The summed E-state index contributed by atoms with van der Waals surface area (Å²) in [5.74, 6) is -0.210. The van der Waals surface area contributed by atoms with Gasteiger partial charge in [0, 0.05) is 6.42 Å². The number of hydrogen-bond donors (Lipinski definition) is 2. The second-order valence-electron chi connectivity index (χ2n) is 22.4.